The summed E-state index contributed by atoms with van der Waals surface area (Å²) < 4.78 is 53.0. The highest BCUT2D eigenvalue weighted by molar-refractivity contribution is 7.80. The normalized spacial score (nSPS) is 11.5. The molecule has 0 bridgehead atoms. The number of hydrogen-bond donors (Lipinski definition) is 2. The number of amides is 1. The third-order valence-electron chi connectivity index (χ3n) is 2.30. The molecule has 0 saturated heterocycles. The summed E-state index contributed by atoms with van der Waals surface area (Å²) in [6, 6.07) is 6.12. The van der Waals surface area contributed by atoms with Gasteiger partial charge in [-0.3, -0.25) is 4.79 Å². The molecule has 3 N–H and O–H groups in total. The van der Waals surface area contributed by atoms with E-state index in [-0.39, 0.29) is 4.99 Å². The first-order valence-electron chi connectivity index (χ1n) is 5.66. The fourth-order valence-corrected chi connectivity index (χ4v) is 1.39. The van der Waals surface area contributed by atoms with Crippen molar-refractivity contribution in [3.8, 4) is 0 Å². The lowest BCUT2D eigenvalue weighted by molar-refractivity contribution is -0.167. The maximum Gasteiger partial charge on any atom is 0.330 e. The summed E-state index contributed by atoms with van der Waals surface area (Å²) >= 11 is 4.74. The van der Waals surface area contributed by atoms with Gasteiger partial charge in [0.15, 0.2) is 0 Å². The van der Waals surface area contributed by atoms with E-state index in [0.29, 0.717) is 11.3 Å². The van der Waals surface area contributed by atoms with Gasteiger partial charge in [-0.05, 0) is 24.3 Å². The predicted molar refractivity (Wildman–Crippen MR) is 72.7 cm³/mol. The molecule has 0 atom stereocenters. The van der Waals surface area contributed by atoms with E-state index in [1.807, 2.05) is 0 Å². The zero-order chi connectivity index (χ0) is 16.0. The monoisotopic (exact) mass is 324 g/mol. The lowest BCUT2D eigenvalue weighted by Gasteiger charge is -2.15. The van der Waals surface area contributed by atoms with Crippen LogP contribution in [0.5, 0.6) is 0 Å². The summed E-state index contributed by atoms with van der Waals surface area (Å²) in [6.45, 7) is -2.29. The number of anilines is 1. The third-order valence-corrected chi connectivity index (χ3v) is 2.54. The third kappa shape index (κ3) is 5.64. The van der Waals surface area contributed by atoms with Crippen molar-refractivity contribution in [2.75, 3.05) is 18.5 Å². The molecule has 21 heavy (non-hydrogen) atoms. The fraction of sp³-hybridized carbons (Fsp3) is 0.333. The first kappa shape index (κ1) is 17.3. The van der Waals surface area contributed by atoms with Gasteiger partial charge in [-0.1, -0.05) is 12.2 Å². The van der Waals surface area contributed by atoms with Crippen LogP contribution in [-0.4, -0.2) is 36.5 Å². The Balaban J connectivity index is 2.42. The lowest BCUT2D eigenvalue weighted by atomic mass is 10.2. The van der Waals surface area contributed by atoms with Crippen molar-refractivity contribution in [2.24, 2.45) is 5.73 Å². The van der Waals surface area contributed by atoms with Crippen molar-refractivity contribution in [1.82, 2.24) is 0 Å². The van der Waals surface area contributed by atoms with Crippen molar-refractivity contribution in [3.05, 3.63) is 29.8 Å². The summed E-state index contributed by atoms with van der Waals surface area (Å²) in [6.07, 6.45) is -3.84. The average molecular weight is 324 g/mol. The molecule has 0 aliphatic carbocycles. The quantitative estimate of drug-likeness (QED) is 0.596. The molecule has 0 radical (unpaired) electrons. The van der Waals surface area contributed by atoms with Crippen molar-refractivity contribution >= 4 is 28.8 Å². The summed E-state index contributed by atoms with van der Waals surface area (Å²) in [5, 5.41) is 2.34. The molecule has 0 unspecified atom stereocenters. The number of carbonyl (C=O) groups is 1. The molecule has 4 nitrogen and oxygen atoms in total. The minimum Gasteiger partial charge on any atom is -0.389 e. The highest BCUT2D eigenvalue weighted by Gasteiger charge is 2.41. The van der Waals surface area contributed by atoms with Crippen LogP contribution in [0.4, 0.5) is 23.2 Å². The Kier molecular flexibility index (Phi) is 6.03. The number of rotatable bonds is 7. The zero-order valence-electron chi connectivity index (χ0n) is 10.6. The van der Waals surface area contributed by atoms with Gasteiger partial charge in [0.1, 0.15) is 18.2 Å². The first-order chi connectivity index (χ1) is 9.72. The molecule has 0 aliphatic rings. The van der Waals surface area contributed by atoms with Gasteiger partial charge in [0, 0.05) is 11.3 Å². The molecular weight excluding hydrogens is 312 g/mol. The molecule has 1 aromatic rings. The molecule has 0 spiro atoms. The van der Waals surface area contributed by atoms with Gasteiger partial charge < -0.3 is 15.8 Å². The number of nitrogens with two attached hydrogens (primary N) is 1. The van der Waals surface area contributed by atoms with Crippen molar-refractivity contribution in [3.63, 3.8) is 0 Å². The van der Waals surface area contributed by atoms with E-state index >= 15 is 0 Å². The van der Waals surface area contributed by atoms with Crippen molar-refractivity contribution < 1.29 is 27.1 Å². The van der Waals surface area contributed by atoms with Crippen LogP contribution in [0.1, 0.15) is 5.56 Å². The second kappa shape index (κ2) is 7.32. The lowest BCUT2D eigenvalue weighted by Crippen LogP contribution is -2.33. The summed E-state index contributed by atoms with van der Waals surface area (Å²) in [7, 11) is 0. The van der Waals surface area contributed by atoms with Crippen LogP contribution in [-0.2, 0) is 9.53 Å². The average Bonchev–Trinajstić information content (AvgIpc) is 2.38. The van der Waals surface area contributed by atoms with Gasteiger partial charge in [-0.2, -0.15) is 8.78 Å². The highest BCUT2D eigenvalue weighted by atomic mass is 32.1. The Hall–Kier alpha value is -1.74. The van der Waals surface area contributed by atoms with E-state index < -0.39 is 31.5 Å². The van der Waals surface area contributed by atoms with Crippen LogP contribution in [0.2, 0.25) is 0 Å². The van der Waals surface area contributed by atoms with Crippen LogP contribution < -0.4 is 11.1 Å². The second-order valence-corrected chi connectivity index (χ2v) is 4.48. The molecule has 116 valence electrons. The number of nitrogens with one attached hydrogen (secondary N) is 1. The molecule has 0 saturated carbocycles. The minimum atomic E-state index is -4.28. The van der Waals surface area contributed by atoms with Gasteiger partial charge >= 0.3 is 12.3 Å². The summed E-state index contributed by atoms with van der Waals surface area (Å²) in [4.78, 5) is 11.6. The number of benzene rings is 1. The fourth-order valence-electron chi connectivity index (χ4n) is 1.26. The standard InChI is InChI=1S/C12H12F4N2O2S/c13-11(14)12(15,16)6-20-5-9(19)18-8-3-1-7(2-4-8)10(17)21/h1-4,11H,5-6H2,(H2,17,21)(H,18,19). The van der Waals surface area contributed by atoms with E-state index in [2.05, 4.69) is 10.1 Å². The Morgan fingerprint density at radius 3 is 2.38 bits per heavy atom. The Bertz CT molecular complexity index is 508. The molecule has 0 aromatic heterocycles. The van der Waals surface area contributed by atoms with Gasteiger partial charge in [0.05, 0.1) is 0 Å². The highest BCUT2D eigenvalue weighted by Crippen LogP contribution is 2.22. The van der Waals surface area contributed by atoms with Crippen molar-refractivity contribution in [1.29, 1.82) is 0 Å². The SMILES string of the molecule is NC(=S)c1ccc(NC(=O)COCC(F)(F)C(F)F)cc1. The molecule has 0 fully saturated rings. The number of alkyl halides is 4. The Morgan fingerprint density at radius 1 is 1.33 bits per heavy atom. The van der Waals surface area contributed by atoms with E-state index in [9.17, 15) is 22.4 Å². The van der Waals surface area contributed by atoms with Gasteiger partial charge in [-0.15, -0.1) is 0 Å². The van der Waals surface area contributed by atoms with E-state index in [1.165, 1.54) is 12.1 Å². The van der Waals surface area contributed by atoms with E-state index in [0.717, 1.165) is 0 Å². The number of ether oxygens (including phenoxy) is 1. The van der Waals surface area contributed by atoms with Crippen LogP contribution in [0.15, 0.2) is 24.3 Å². The molecule has 1 aromatic carbocycles. The number of hydrogen-bond acceptors (Lipinski definition) is 3. The maximum absolute atomic E-state index is 12.5. The maximum atomic E-state index is 12.5. The van der Waals surface area contributed by atoms with Crippen LogP contribution >= 0.6 is 12.2 Å². The minimum absolute atomic E-state index is 0.186. The van der Waals surface area contributed by atoms with Crippen molar-refractivity contribution in [2.45, 2.75) is 12.3 Å². The second-order valence-electron chi connectivity index (χ2n) is 4.04. The van der Waals surface area contributed by atoms with Crippen LogP contribution in [0.3, 0.4) is 0 Å². The number of halogens is 4. The van der Waals surface area contributed by atoms with Gasteiger partial charge in [0.25, 0.3) is 0 Å². The summed E-state index contributed by atoms with van der Waals surface area (Å²) in [5.41, 5.74) is 6.35. The Labute approximate surface area is 123 Å². The predicted octanol–water partition coefficient (Wildman–Crippen LogP) is 2.18. The van der Waals surface area contributed by atoms with Gasteiger partial charge in [0.2, 0.25) is 5.91 Å². The molecule has 1 rings (SSSR count). The number of thiocarbonyl (C=S) groups is 1. The van der Waals surface area contributed by atoms with Crippen LogP contribution in [0.25, 0.3) is 0 Å². The smallest absolute Gasteiger partial charge is 0.330 e. The number of carbonyl (C=O) groups excluding carboxylic acids is 1. The van der Waals surface area contributed by atoms with Crippen LogP contribution in [0, 0.1) is 0 Å². The van der Waals surface area contributed by atoms with E-state index in [4.69, 9.17) is 18.0 Å². The molecule has 0 heterocycles. The summed E-state index contributed by atoms with van der Waals surface area (Å²) in [5.74, 6) is -5.03. The zero-order valence-corrected chi connectivity index (χ0v) is 11.4. The topological polar surface area (TPSA) is 64.3 Å². The Morgan fingerprint density at radius 2 is 1.90 bits per heavy atom. The molecule has 9 heteroatoms. The molecule has 1 amide bonds. The van der Waals surface area contributed by atoms with E-state index in [1.54, 1.807) is 12.1 Å². The molecular formula is C12H12F4N2O2S. The molecule has 0 aliphatic heterocycles. The van der Waals surface area contributed by atoms with Gasteiger partial charge in [-0.25, -0.2) is 8.78 Å². The largest absolute Gasteiger partial charge is 0.389 e. The first-order valence-corrected chi connectivity index (χ1v) is 6.06.